The molecule has 0 bridgehead atoms. The zero-order valence-corrected chi connectivity index (χ0v) is 15.3. The number of ether oxygens (including phenoxy) is 1. The van der Waals surface area contributed by atoms with Gasteiger partial charge in [0.15, 0.2) is 0 Å². The van der Waals surface area contributed by atoms with E-state index in [1.807, 2.05) is 23.7 Å². The van der Waals surface area contributed by atoms with Crippen molar-refractivity contribution >= 4 is 17.6 Å². The summed E-state index contributed by atoms with van der Waals surface area (Å²) < 4.78 is 7.11. The van der Waals surface area contributed by atoms with Crippen LogP contribution in [0.5, 0.6) is 0 Å². The highest BCUT2D eigenvalue weighted by Gasteiger charge is 2.11. The Morgan fingerprint density at radius 3 is 2.65 bits per heavy atom. The highest BCUT2D eigenvalue weighted by atomic mass is 32.2. The maximum absolute atomic E-state index is 5.12. The summed E-state index contributed by atoms with van der Waals surface area (Å²) in [6, 6.07) is 3.97. The van der Waals surface area contributed by atoms with E-state index in [1.54, 1.807) is 18.9 Å². The maximum atomic E-state index is 5.12. The number of nitrogens with zero attached hydrogens (tertiary/aromatic N) is 4. The molecule has 7 heteroatoms. The van der Waals surface area contributed by atoms with Crippen LogP contribution in [0.15, 0.2) is 17.2 Å². The fraction of sp³-hybridized carbons (Fsp3) is 0.562. The van der Waals surface area contributed by atoms with Crippen molar-refractivity contribution in [3.8, 4) is 0 Å². The normalized spacial score (nSPS) is 11.2. The summed E-state index contributed by atoms with van der Waals surface area (Å²) >= 11 is 1.71. The molecule has 0 fully saturated rings. The van der Waals surface area contributed by atoms with Gasteiger partial charge in [-0.25, -0.2) is 0 Å². The molecular formula is C16H25N5OS. The number of hydrogen-bond acceptors (Lipinski definition) is 6. The van der Waals surface area contributed by atoms with E-state index in [9.17, 15) is 0 Å². The lowest BCUT2D eigenvalue weighted by molar-refractivity contribution is 0.182. The molecular weight excluding hydrogens is 310 g/mol. The van der Waals surface area contributed by atoms with Gasteiger partial charge >= 0.3 is 0 Å². The molecule has 0 radical (unpaired) electrons. The lowest BCUT2D eigenvalue weighted by Gasteiger charge is -2.08. The van der Waals surface area contributed by atoms with Crippen LogP contribution in [-0.4, -0.2) is 38.9 Å². The second-order valence-corrected chi connectivity index (χ2v) is 7.24. The second-order valence-electron chi connectivity index (χ2n) is 5.64. The molecule has 0 saturated heterocycles. The van der Waals surface area contributed by atoms with E-state index in [0.717, 1.165) is 28.8 Å². The average Bonchev–Trinajstić information content (AvgIpc) is 2.78. The predicted octanol–water partition coefficient (Wildman–Crippen LogP) is 3.05. The predicted molar refractivity (Wildman–Crippen MR) is 93.9 cm³/mol. The third kappa shape index (κ3) is 4.94. The molecule has 126 valence electrons. The fourth-order valence-corrected chi connectivity index (χ4v) is 3.00. The third-order valence-corrected chi connectivity index (χ3v) is 4.41. The number of thioether (sulfide) groups is 1. The van der Waals surface area contributed by atoms with Gasteiger partial charge in [-0.15, -0.1) is 22.0 Å². The van der Waals surface area contributed by atoms with Gasteiger partial charge in [-0.1, -0.05) is 13.8 Å². The van der Waals surface area contributed by atoms with Gasteiger partial charge in [0, 0.05) is 30.2 Å². The van der Waals surface area contributed by atoms with Crippen molar-refractivity contribution in [3.05, 3.63) is 29.1 Å². The molecule has 1 N–H and O–H groups in total. The summed E-state index contributed by atoms with van der Waals surface area (Å²) in [4.78, 5) is 0. The summed E-state index contributed by atoms with van der Waals surface area (Å²) in [6.45, 7) is 10.5. The quantitative estimate of drug-likeness (QED) is 0.748. The number of methoxy groups -OCH3 is 1. The molecule has 0 aliphatic carbocycles. The molecule has 0 aliphatic heterocycles. The molecule has 6 nitrogen and oxygen atoms in total. The van der Waals surface area contributed by atoms with E-state index in [4.69, 9.17) is 4.74 Å². The van der Waals surface area contributed by atoms with Crippen LogP contribution in [0.4, 0.5) is 5.82 Å². The number of aromatic nitrogens is 4. The van der Waals surface area contributed by atoms with Crippen molar-refractivity contribution < 1.29 is 4.74 Å². The van der Waals surface area contributed by atoms with E-state index in [-0.39, 0.29) is 0 Å². The van der Waals surface area contributed by atoms with Crippen LogP contribution < -0.4 is 5.32 Å². The molecule has 0 unspecified atom stereocenters. The van der Waals surface area contributed by atoms with Crippen molar-refractivity contribution in [2.75, 3.05) is 19.0 Å². The van der Waals surface area contributed by atoms with Gasteiger partial charge in [-0.2, -0.15) is 5.10 Å². The summed E-state index contributed by atoms with van der Waals surface area (Å²) in [5.41, 5.74) is 3.39. The minimum Gasteiger partial charge on any atom is -0.383 e. The van der Waals surface area contributed by atoms with Crippen LogP contribution >= 0.6 is 11.8 Å². The van der Waals surface area contributed by atoms with Gasteiger partial charge in [-0.05, 0) is 26.0 Å². The Hall–Kier alpha value is -1.60. The van der Waals surface area contributed by atoms with Gasteiger partial charge in [-0.3, -0.25) is 4.68 Å². The smallest absolute Gasteiger partial charge is 0.148 e. The molecule has 2 aromatic heterocycles. The Morgan fingerprint density at radius 1 is 1.26 bits per heavy atom. The number of nitrogens with one attached hydrogen (secondary N) is 1. The topological polar surface area (TPSA) is 64.9 Å². The van der Waals surface area contributed by atoms with Gasteiger partial charge in [0.1, 0.15) is 10.8 Å². The fourth-order valence-electron chi connectivity index (χ4n) is 2.28. The number of anilines is 1. The molecule has 0 spiro atoms. The van der Waals surface area contributed by atoms with Crippen LogP contribution in [0.2, 0.25) is 0 Å². The van der Waals surface area contributed by atoms with Crippen LogP contribution in [0, 0.1) is 13.8 Å². The molecule has 23 heavy (non-hydrogen) atoms. The third-order valence-electron chi connectivity index (χ3n) is 3.48. The lowest BCUT2D eigenvalue weighted by atomic mass is 10.2. The maximum Gasteiger partial charge on any atom is 0.148 e. The monoisotopic (exact) mass is 335 g/mol. The van der Waals surface area contributed by atoms with Crippen molar-refractivity contribution in [2.24, 2.45) is 0 Å². The first-order valence-corrected chi connectivity index (χ1v) is 8.65. The van der Waals surface area contributed by atoms with E-state index >= 15 is 0 Å². The van der Waals surface area contributed by atoms with E-state index in [1.165, 1.54) is 5.56 Å². The van der Waals surface area contributed by atoms with E-state index < -0.39 is 0 Å². The highest BCUT2D eigenvalue weighted by Crippen LogP contribution is 2.21. The van der Waals surface area contributed by atoms with E-state index in [0.29, 0.717) is 18.4 Å². The summed E-state index contributed by atoms with van der Waals surface area (Å²) in [6.07, 6.45) is 0. The number of hydrogen-bond donors (Lipinski definition) is 1. The first-order chi connectivity index (χ1) is 11.0. The largest absolute Gasteiger partial charge is 0.383 e. The minimum absolute atomic E-state index is 0.506. The molecule has 2 heterocycles. The Morgan fingerprint density at radius 2 is 2.04 bits per heavy atom. The summed E-state index contributed by atoms with van der Waals surface area (Å²) in [5, 5.41) is 17.8. The first kappa shape index (κ1) is 17.7. The van der Waals surface area contributed by atoms with Crippen molar-refractivity contribution in [3.63, 3.8) is 0 Å². The van der Waals surface area contributed by atoms with Gasteiger partial charge < -0.3 is 10.1 Å². The van der Waals surface area contributed by atoms with Crippen molar-refractivity contribution in [1.82, 2.24) is 20.0 Å². The Balaban J connectivity index is 1.99. The van der Waals surface area contributed by atoms with Crippen LogP contribution in [0.3, 0.4) is 0 Å². The van der Waals surface area contributed by atoms with Gasteiger partial charge in [0.25, 0.3) is 0 Å². The molecule has 0 aliphatic rings. The zero-order chi connectivity index (χ0) is 16.8. The number of aryl methyl sites for hydroxylation is 1. The Labute approximate surface area is 142 Å². The standard InChI is InChI=1S/C16H25N5OS/c1-11(2)23-16-7-6-15(18-19-16)17-10-14-12(3)20-21(13(14)4)8-9-22-5/h6-7,11H,8-10H2,1-5H3,(H,17,18). The van der Waals surface area contributed by atoms with Crippen LogP contribution in [-0.2, 0) is 17.8 Å². The van der Waals surface area contributed by atoms with Crippen molar-refractivity contribution in [2.45, 2.75) is 51.1 Å². The summed E-state index contributed by atoms with van der Waals surface area (Å²) in [7, 11) is 1.70. The molecule has 2 aromatic rings. The van der Waals surface area contributed by atoms with Crippen LogP contribution in [0.25, 0.3) is 0 Å². The SMILES string of the molecule is COCCn1nc(C)c(CNc2ccc(SC(C)C)nn2)c1C. The lowest BCUT2D eigenvalue weighted by Crippen LogP contribution is -2.08. The average molecular weight is 335 g/mol. The molecule has 0 atom stereocenters. The molecule has 0 saturated carbocycles. The molecule has 2 rings (SSSR count). The van der Waals surface area contributed by atoms with Gasteiger partial charge in [0.2, 0.25) is 0 Å². The zero-order valence-electron chi connectivity index (χ0n) is 14.5. The summed E-state index contributed by atoms with van der Waals surface area (Å²) in [5.74, 6) is 0.779. The second kappa shape index (κ2) is 8.31. The number of rotatable bonds is 8. The molecule has 0 aromatic carbocycles. The van der Waals surface area contributed by atoms with E-state index in [2.05, 4.69) is 41.4 Å². The van der Waals surface area contributed by atoms with Crippen molar-refractivity contribution in [1.29, 1.82) is 0 Å². The van der Waals surface area contributed by atoms with Gasteiger partial charge in [0.05, 0.1) is 18.8 Å². The first-order valence-electron chi connectivity index (χ1n) is 7.77. The highest BCUT2D eigenvalue weighted by molar-refractivity contribution is 7.99. The Bertz CT molecular complexity index is 624. The molecule has 0 amide bonds. The minimum atomic E-state index is 0.506. The van der Waals surface area contributed by atoms with Crippen LogP contribution in [0.1, 0.15) is 30.8 Å². The Kier molecular flexibility index (Phi) is 6.41.